The van der Waals surface area contributed by atoms with E-state index in [9.17, 15) is 18.0 Å². The molecule has 0 N–H and O–H groups in total. The summed E-state index contributed by atoms with van der Waals surface area (Å²) < 4.78 is 44.1. The van der Waals surface area contributed by atoms with Gasteiger partial charge in [-0.25, -0.2) is 4.79 Å². The fourth-order valence-electron chi connectivity index (χ4n) is 1.60. The number of aromatic nitrogens is 3. The quantitative estimate of drug-likeness (QED) is 0.627. The number of pyridine rings is 1. The number of ether oxygens (including phenoxy) is 1. The molecule has 2 aromatic heterocycles. The molecule has 2 rings (SSSR count). The van der Waals surface area contributed by atoms with E-state index < -0.39 is 17.8 Å². The highest BCUT2D eigenvalue weighted by atomic mass is 32.2. The van der Waals surface area contributed by atoms with Gasteiger partial charge in [-0.15, -0.1) is 10.2 Å². The Kier molecular flexibility index (Phi) is 3.40. The van der Waals surface area contributed by atoms with Crippen LogP contribution in [-0.2, 0) is 10.9 Å². The number of alkyl halides is 3. The van der Waals surface area contributed by atoms with Crippen LogP contribution in [0.15, 0.2) is 17.3 Å². The van der Waals surface area contributed by atoms with Crippen molar-refractivity contribution in [2.45, 2.75) is 11.3 Å². The highest BCUT2D eigenvalue weighted by Crippen LogP contribution is 2.32. The summed E-state index contributed by atoms with van der Waals surface area (Å²) in [6.07, 6.45) is -3.00. The summed E-state index contributed by atoms with van der Waals surface area (Å²) in [5.41, 5.74) is -1.18. The van der Waals surface area contributed by atoms with Crippen LogP contribution in [0.25, 0.3) is 5.65 Å². The Hall–Kier alpha value is -1.77. The van der Waals surface area contributed by atoms with Gasteiger partial charge in [0, 0.05) is 0 Å². The van der Waals surface area contributed by atoms with Crippen molar-refractivity contribution < 1.29 is 22.7 Å². The van der Waals surface area contributed by atoms with Crippen molar-refractivity contribution >= 4 is 23.4 Å². The molecule has 0 aliphatic carbocycles. The Labute approximate surface area is 109 Å². The van der Waals surface area contributed by atoms with E-state index in [1.54, 1.807) is 6.26 Å². The molecular formula is C10H8F3N3O2S. The third-order valence-corrected chi connectivity index (χ3v) is 3.03. The number of hydrogen-bond donors (Lipinski definition) is 0. The summed E-state index contributed by atoms with van der Waals surface area (Å²) in [6.45, 7) is 0. The van der Waals surface area contributed by atoms with E-state index >= 15 is 0 Å². The van der Waals surface area contributed by atoms with E-state index in [0.29, 0.717) is 0 Å². The second-order valence-electron chi connectivity index (χ2n) is 3.47. The van der Waals surface area contributed by atoms with Gasteiger partial charge in [-0.3, -0.25) is 4.40 Å². The van der Waals surface area contributed by atoms with Crippen LogP contribution in [0, 0.1) is 0 Å². The summed E-state index contributed by atoms with van der Waals surface area (Å²) >= 11 is 1.00. The van der Waals surface area contributed by atoms with Gasteiger partial charge in [-0.1, -0.05) is 11.8 Å². The maximum absolute atomic E-state index is 12.9. The first-order valence-electron chi connectivity index (χ1n) is 4.97. The van der Waals surface area contributed by atoms with E-state index in [1.165, 1.54) is 0 Å². The van der Waals surface area contributed by atoms with Crippen LogP contribution in [-0.4, -0.2) is 33.9 Å². The van der Waals surface area contributed by atoms with Crippen molar-refractivity contribution in [1.29, 1.82) is 0 Å². The van der Waals surface area contributed by atoms with Gasteiger partial charge in [0.05, 0.1) is 7.11 Å². The molecule has 0 aliphatic heterocycles. The first-order chi connectivity index (χ1) is 8.90. The summed E-state index contributed by atoms with van der Waals surface area (Å²) in [7, 11) is 1.14. The lowest BCUT2D eigenvalue weighted by Gasteiger charge is -2.11. The maximum atomic E-state index is 12.9. The van der Waals surface area contributed by atoms with Crippen molar-refractivity contribution in [3.63, 3.8) is 0 Å². The standard InChI is InChI=1S/C10H8F3N3O2S/c1-18-8(17)5-3-4-6(10(11,12)13)16-7(5)14-15-9(16)19-2/h3-4H,1-2H3. The van der Waals surface area contributed by atoms with Crippen molar-refractivity contribution in [3.8, 4) is 0 Å². The molecular weight excluding hydrogens is 283 g/mol. The second kappa shape index (κ2) is 4.72. The molecule has 2 heterocycles. The molecule has 0 spiro atoms. The molecule has 0 saturated heterocycles. The van der Waals surface area contributed by atoms with E-state index in [1.807, 2.05) is 0 Å². The predicted molar refractivity (Wildman–Crippen MR) is 61.1 cm³/mol. The molecule has 0 fully saturated rings. The van der Waals surface area contributed by atoms with Gasteiger partial charge in [-0.2, -0.15) is 13.2 Å². The number of thioether (sulfide) groups is 1. The number of fused-ring (bicyclic) bond motifs is 1. The van der Waals surface area contributed by atoms with Crippen LogP contribution in [0.3, 0.4) is 0 Å². The van der Waals surface area contributed by atoms with Crippen molar-refractivity contribution in [3.05, 3.63) is 23.4 Å². The molecule has 2 aromatic rings. The number of nitrogens with zero attached hydrogens (tertiary/aromatic N) is 3. The van der Waals surface area contributed by atoms with Crippen LogP contribution in [0.4, 0.5) is 13.2 Å². The van der Waals surface area contributed by atoms with Crippen LogP contribution >= 0.6 is 11.8 Å². The van der Waals surface area contributed by atoms with Crippen LogP contribution < -0.4 is 0 Å². The molecule has 0 amide bonds. The van der Waals surface area contributed by atoms with Gasteiger partial charge in [0.25, 0.3) is 0 Å². The van der Waals surface area contributed by atoms with Crippen molar-refractivity contribution in [1.82, 2.24) is 14.6 Å². The first-order valence-corrected chi connectivity index (χ1v) is 6.20. The van der Waals surface area contributed by atoms with Gasteiger partial charge >= 0.3 is 12.1 Å². The van der Waals surface area contributed by atoms with Gasteiger partial charge in [0.15, 0.2) is 10.8 Å². The SMILES string of the molecule is COC(=O)c1ccc(C(F)(F)F)n2c(SC)nnc12. The van der Waals surface area contributed by atoms with Crippen LogP contribution in [0.1, 0.15) is 16.1 Å². The molecule has 0 bridgehead atoms. The largest absolute Gasteiger partial charge is 0.465 e. The smallest absolute Gasteiger partial charge is 0.431 e. The first kappa shape index (κ1) is 13.7. The number of halogens is 3. The lowest BCUT2D eigenvalue weighted by atomic mass is 10.2. The molecule has 0 saturated carbocycles. The zero-order valence-electron chi connectivity index (χ0n) is 9.85. The normalized spacial score (nSPS) is 11.8. The minimum Gasteiger partial charge on any atom is -0.465 e. The fourth-order valence-corrected chi connectivity index (χ4v) is 2.09. The fraction of sp³-hybridized carbons (Fsp3) is 0.300. The minimum absolute atomic E-state index is 0.0491. The van der Waals surface area contributed by atoms with E-state index in [2.05, 4.69) is 14.9 Å². The Morgan fingerprint density at radius 3 is 2.58 bits per heavy atom. The molecule has 19 heavy (non-hydrogen) atoms. The highest BCUT2D eigenvalue weighted by molar-refractivity contribution is 7.98. The van der Waals surface area contributed by atoms with Crippen LogP contribution in [0.5, 0.6) is 0 Å². The van der Waals surface area contributed by atoms with E-state index in [0.717, 1.165) is 35.4 Å². The van der Waals surface area contributed by atoms with Crippen LogP contribution in [0.2, 0.25) is 0 Å². The van der Waals surface area contributed by atoms with Gasteiger partial charge in [-0.05, 0) is 18.4 Å². The maximum Gasteiger partial charge on any atom is 0.431 e. The lowest BCUT2D eigenvalue weighted by Crippen LogP contribution is -2.14. The number of esters is 1. The Balaban J connectivity index is 2.81. The summed E-state index contributed by atoms with van der Waals surface area (Å²) in [5, 5.41) is 7.31. The molecule has 0 unspecified atom stereocenters. The number of carbonyl (C=O) groups excluding carboxylic acids is 1. The molecule has 0 atom stereocenters. The number of rotatable bonds is 2. The summed E-state index contributed by atoms with van der Waals surface area (Å²) in [4.78, 5) is 11.5. The predicted octanol–water partition coefficient (Wildman–Crippen LogP) is 2.26. The molecule has 0 aliphatic rings. The van der Waals surface area contributed by atoms with Crippen molar-refractivity contribution in [2.24, 2.45) is 0 Å². The lowest BCUT2D eigenvalue weighted by molar-refractivity contribution is -0.142. The van der Waals surface area contributed by atoms with E-state index in [4.69, 9.17) is 0 Å². The third kappa shape index (κ3) is 2.25. The van der Waals surface area contributed by atoms with Gasteiger partial charge in [0.2, 0.25) is 0 Å². The minimum atomic E-state index is -4.57. The molecule has 102 valence electrons. The molecule has 5 nitrogen and oxygen atoms in total. The number of hydrogen-bond acceptors (Lipinski definition) is 5. The molecule has 0 radical (unpaired) electrons. The topological polar surface area (TPSA) is 56.5 Å². The van der Waals surface area contributed by atoms with E-state index in [-0.39, 0.29) is 16.4 Å². The summed E-state index contributed by atoms with van der Waals surface area (Å²) in [6, 6.07) is 1.84. The average Bonchev–Trinajstić information content (AvgIpc) is 2.79. The highest BCUT2D eigenvalue weighted by Gasteiger charge is 2.35. The zero-order chi connectivity index (χ0) is 14.2. The zero-order valence-corrected chi connectivity index (χ0v) is 10.7. The molecule has 0 aromatic carbocycles. The molecule has 9 heteroatoms. The monoisotopic (exact) mass is 291 g/mol. The third-order valence-electron chi connectivity index (χ3n) is 2.40. The number of methoxy groups -OCH3 is 1. The van der Waals surface area contributed by atoms with Crippen molar-refractivity contribution in [2.75, 3.05) is 13.4 Å². The Bertz CT molecular complexity index is 639. The Morgan fingerprint density at radius 2 is 2.05 bits per heavy atom. The number of carbonyl (C=O) groups is 1. The summed E-state index contributed by atoms with van der Waals surface area (Å²) in [5.74, 6) is -0.765. The van der Waals surface area contributed by atoms with Gasteiger partial charge in [0.1, 0.15) is 11.3 Å². The Morgan fingerprint density at radius 1 is 1.37 bits per heavy atom. The van der Waals surface area contributed by atoms with Gasteiger partial charge < -0.3 is 4.74 Å². The second-order valence-corrected chi connectivity index (χ2v) is 4.24. The average molecular weight is 291 g/mol.